The van der Waals surface area contributed by atoms with E-state index in [9.17, 15) is 9.90 Å². The normalized spacial score (nSPS) is 10.4. The van der Waals surface area contributed by atoms with Gasteiger partial charge < -0.3 is 16.2 Å². The Bertz CT molecular complexity index is 417. The largest absolute Gasteiger partial charge is 0.505 e. The first-order chi connectivity index (χ1) is 8.54. The molecule has 0 atom stereocenters. The summed E-state index contributed by atoms with van der Waals surface area (Å²) in [6.45, 7) is 4.42. The molecule has 0 heterocycles. The first-order valence-electron chi connectivity index (χ1n) is 6.34. The van der Waals surface area contributed by atoms with E-state index in [-0.39, 0.29) is 11.7 Å². The zero-order valence-corrected chi connectivity index (χ0v) is 11.1. The Hall–Kier alpha value is -1.55. The van der Waals surface area contributed by atoms with Crippen molar-refractivity contribution in [2.24, 2.45) is 5.73 Å². The monoisotopic (exact) mass is 250 g/mol. The van der Waals surface area contributed by atoms with Gasteiger partial charge in [-0.15, -0.1) is 0 Å². The molecular weight excluding hydrogens is 228 g/mol. The number of amides is 1. The summed E-state index contributed by atoms with van der Waals surface area (Å²) >= 11 is 0. The summed E-state index contributed by atoms with van der Waals surface area (Å²) < 4.78 is 0. The molecule has 0 radical (unpaired) electrons. The number of nitrogens with one attached hydrogen (secondary N) is 1. The van der Waals surface area contributed by atoms with E-state index in [0.717, 1.165) is 30.4 Å². The van der Waals surface area contributed by atoms with Crippen molar-refractivity contribution < 1.29 is 9.90 Å². The summed E-state index contributed by atoms with van der Waals surface area (Å²) in [5, 5.41) is 12.6. The predicted molar refractivity (Wildman–Crippen MR) is 73.7 cm³/mol. The number of anilines is 1. The Morgan fingerprint density at radius 2 is 2.00 bits per heavy atom. The number of phenols is 1. The Morgan fingerprint density at radius 3 is 2.67 bits per heavy atom. The second-order valence-electron chi connectivity index (χ2n) is 4.63. The minimum Gasteiger partial charge on any atom is -0.505 e. The van der Waals surface area contributed by atoms with Crippen LogP contribution in [0.4, 0.5) is 5.69 Å². The first-order valence-corrected chi connectivity index (χ1v) is 6.34. The maximum atomic E-state index is 11.7. The Kier molecular flexibility index (Phi) is 5.65. The van der Waals surface area contributed by atoms with Crippen molar-refractivity contribution in [3.8, 4) is 5.75 Å². The molecule has 18 heavy (non-hydrogen) atoms. The Morgan fingerprint density at radius 1 is 1.28 bits per heavy atom. The van der Waals surface area contributed by atoms with E-state index < -0.39 is 0 Å². The number of carbonyl (C=O) groups excluding carboxylic acids is 1. The molecule has 0 unspecified atom stereocenters. The highest BCUT2D eigenvalue weighted by molar-refractivity contribution is 5.92. The highest BCUT2D eigenvalue weighted by Gasteiger charge is 2.08. The van der Waals surface area contributed by atoms with Gasteiger partial charge in [0.1, 0.15) is 5.75 Å². The minimum atomic E-state index is -0.0627. The lowest BCUT2D eigenvalue weighted by atomic mass is 10.1. The average Bonchev–Trinajstić information content (AvgIpc) is 2.31. The van der Waals surface area contributed by atoms with Crippen LogP contribution in [0.1, 0.15) is 36.8 Å². The number of aromatic hydroxyl groups is 1. The van der Waals surface area contributed by atoms with Gasteiger partial charge >= 0.3 is 0 Å². The van der Waals surface area contributed by atoms with E-state index in [0.29, 0.717) is 18.7 Å². The second-order valence-corrected chi connectivity index (χ2v) is 4.63. The van der Waals surface area contributed by atoms with E-state index in [1.807, 2.05) is 19.9 Å². The van der Waals surface area contributed by atoms with Crippen LogP contribution in [-0.4, -0.2) is 17.6 Å². The topological polar surface area (TPSA) is 75.3 Å². The summed E-state index contributed by atoms with van der Waals surface area (Å²) in [7, 11) is 0. The van der Waals surface area contributed by atoms with Crippen LogP contribution in [0, 0.1) is 13.8 Å². The number of hydrogen-bond donors (Lipinski definition) is 3. The molecule has 0 aliphatic heterocycles. The number of phenolic OH excluding ortho intramolecular Hbond substituents is 1. The van der Waals surface area contributed by atoms with Crippen molar-refractivity contribution in [2.75, 3.05) is 11.9 Å². The van der Waals surface area contributed by atoms with Gasteiger partial charge in [0, 0.05) is 6.42 Å². The van der Waals surface area contributed by atoms with Crippen LogP contribution < -0.4 is 11.1 Å². The van der Waals surface area contributed by atoms with Crippen LogP contribution in [-0.2, 0) is 4.79 Å². The van der Waals surface area contributed by atoms with E-state index in [1.54, 1.807) is 6.07 Å². The SMILES string of the molecule is Cc1cc(C)c(O)c(NC(=O)CCCCCN)c1. The van der Waals surface area contributed by atoms with Crippen LogP contribution >= 0.6 is 0 Å². The molecule has 0 saturated carbocycles. The molecule has 0 saturated heterocycles. The Balaban J connectivity index is 2.54. The lowest BCUT2D eigenvalue weighted by molar-refractivity contribution is -0.116. The van der Waals surface area contributed by atoms with Crippen LogP contribution in [0.25, 0.3) is 0 Å². The number of carbonyl (C=O) groups is 1. The van der Waals surface area contributed by atoms with Crippen molar-refractivity contribution in [2.45, 2.75) is 39.5 Å². The summed E-state index contributed by atoms with van der Waals surface area (Å²) in [6.07, 6.45) is 3.20. The molecule has 0 aliphatic carbocycles. The van der Waals surface area contributed by atoms with Gasteiger partial charge in [0.05, 0.1) is 5.69 Å². The number of nitrogens with two attached hydrogens (primary N) is 1. The summed E-state index contributed by atoms with van der Waals surface area (Å²) in [5.41, 5.74) is 7.67. The molecule has 4 heteroatoms. The standard InChI is InChI=1S/C14H22N2O2/c1-10-8-11(2)14(18)12(9-10)16-13(17)6-4-3-5-7-15/h8-9,18H,3-7,15H2,1-2H3,(H,16,17). The van der Waals surface area contributed by atoms with Crippen molar-refractivity contribution in [3.63, 3.8) is 0 Å². The average molecular weight is 250 g/mol. The third-order valence-electron chi connectivity index (χ3n) is 2.83. The minimum absolute atomic E-state index is 0.0627. The van der Waals surface area contributed by atoms with Gasteiger partial charge in [-0.25, -0.2) is 0 Å². The van der Waals surface area contributed by atoms with Crippen LogP contribution in [0.15, 0.2) is 12.1 Å². The molecule has 0 aliphatic rings. The summed E-state index contributed by atoms with van der Waals surface area (Å²) in [5.74, 6) is 0.0863. The van der Waals surface area contributed by atoms with Crippen molar-refractivity contribution in [3.05, 3.63) is 23.3 Å². The van der Waals surface area contributed by atoms with E-state index >= 15 is 0 Å². The smallest absolute Gasteiger partial charge is 0.224 e. The van der Waals surface area contributed by atoms with Crippen LogP contribution in [0.3, 0.4) is 0 Å². The molecule has 1 aromatic rings. The Labute approximate surface area is 108 Å². The maximum absolute atomic E-state index is 11.7. The zero-order valence-electron chi connectivity index (χ0n) is 11.1. The fourth-order valence-corrected chi connectivity index (χ4v) is 1.87. The fraction of sp³-hybridized carbons (Fsp3) is 0.500. The molecule has 100 valence electrons. The van der Waals surface area contributed by atoms with Crippen LogP contribution in [0.5, 0.6) is 5.75 Å². The third kappa shape index (κ3) is 4.37. The molecular formula is C14H22N2O2. The van der Waals surface area contributed by atoms with E-state index in [4.69, 9.17) is 5.73 Å². The van der Waals surface area contributed by atoms with Crippen LogP contribution in [0.2, 0.25) is 0 Å². The molecule has 0 fully saturated rings. The van der Waals surface area contributed by atoms with Gasteiger partial charge in [-0.1, -0.05) is 12.5 Å². The molecule has 4 nitrogen and oxygen atoms in total. The van der Waals surface area contributed by atoms with Gasteiger partial charge in [-0.3, -0.25) is 4.79 Å². The quantitative estimate of drug-likeness (QED) is 0.536. The van der Waals surface area contributed by atoms with E-state index in [1.165, 1.54) is 0 Å². The van der Waals surface area contributed by atoms with Crippen molar-refractivity contribution in [1.29, 1.82) is 0 Å². The van der Waals surface area contributed by atoms with E-state index in [2.05, 4.69) is 5.32 Å². The number of benzene rings is 1. The molecule has 1 rings (SSSR count). The number of aryl methyl sites for hydroxylation is 2. The molecule has 1 amide bonds. The van der Waals surface area contributed by atoms with Gasteiger partial charge in [0.25, 0.3) is 0 Å². The van der Waals surface area contributed by atoms with Crippen molar-refractivity contribution >= 4 is 11.6 Å². The maximum Gasteiger partial charge on any atom is 0.224 e. The van der Waals surface area contributed by atoms with Gasteiger partial charge in [0.2, 0.25) is 5.91 Å². The molecule has 0 aromatic heterocycles. The number of rotatable bonds is 6. The lowest BCUT2D eigenvalue weighted by Crippen LogP contribution is -2.12. The number of unbranched alkanes of at least 4 members (excludes halogenated alkanes) is 2. The highest BCUT2D eigenvalue weighted by Crippen LogP contribution is 2.28. The summed E-state index contributed by atoms with van der Waals surface area (Å²) in [4.78, 5) is 11.7. The molecule has 0 bridgehead atoms. The summed E-state index contributed by atoms with van der Waals surface area (Å²) in [6, 6.07) is 3.66. The molecule has 1 aromatic carbocycles. The van der Waals surface area contributed by atoms with Gasteiger partial charge in [0.15, 0.2) is 0 Å². The highest BCUT2D eigenvalue weighted by atomic mass is 16.3. The van der Waals surface area contributed by atoms with Crippen molar-refractivity contribution in [1.82, 2.24) is 0 Å². The fourth-order valence-electron chi connectivity index (χ4n) is 1.87. The van der Waals surface area contributed by atoms with Gasteiger partial charge in [-0.2, -0.15) is 0 Å². The predicted octanol–water partition coefficient (Wildman–Crippen LogP) is 2.47. The zero-order chi connectivity index (χ0) is 13.5. The first kappa shape index (κ1) is 14.5. The van der Waals surface area contributed by atoms with Gasteiger partial charge in [-0.05, 0) is 50.4 Å². The second kappa shape index (κ2) is 7.01. The number of hydrogen-bond acceptors (Lipinski definition) is 3. The molecule has 0 spiro atoms. The third-order valence-corrected chi connectivity index (χ3v) is 2.83. The lowest BCUT2D eigenvalue weighted by Gasteiger charge is -2.10. The molecule has 4 N–H and O–H groups in total.